The van der Waals surface area contributed by atoms with Gasteiger partial charge in [0.2, 0.25) is 0 Å². The van der Waals surface area contributed by atoms with Crippen LogP contribution in [-0.4, -0.2) is 11.8 Å². The van der Waals surface area contributed by atoms with Gasteiger partial charge < -0.3 is 5.32 Å². The minimum Gasteiger partial charge on any atom is -0.350 e. The van der Waals surface area contributed by atoms with Gasteiger partial charge in [-0.3, -0.25) is 9.59 Å². The van der Waals surface area contributed by atoms with Crippen molar-refractivity contribution in [3.05, 3.63) is 99.7 Å². The Hall–Kier alpha value is -3.37. The normalized spacial score (nSPS) is 13.9. The largest absolute Gasteiger partial charge is 0.350 e. The third-order valence-corrected chi connectivity index (χ3v) is 5.46. The molecule has 0 spiro atoms. The first-order valence-electron chi connectivity index (χ1n) is 9.65. The molecule has 1 aliphatic rings. The van der Waals surface area contributed by atoms with Crippen molar-refractivity contribution in [2.45, 2.75) is 20.8 Å². The van der Waals surface area contributed by atoms with Gasteiger partial charge in [-0.2, -0.15) is 0 Å². The molecule has 4 nitrogen and oxygen atoms in total. The summed E-state index contributed by atoms with van der Waals surface area (Å²) >= 11 is 6.26. The van der Waals surface area contributed by atoms with Crippen LogP contribution in [0.2, 0.25) is 5.02 Å². The van der Waals surface area contributed by atoms with E-state index in [1.807, 2.05) is 81.4 Å². The number of rotatable bonds is 4. The molecule has 1 aliphatic heterocycles. The number of carbonyl (C=O) groups excluding carboxylic acids is 2. The van der Waals surface area contributed by atoms with Crippen LogP contribution in [0.3, 0.4) is 0 Å². The van der Waals surface area contributed by atoms with Crippen molar-refractivity contribution in [2.75, 3.05) is 10.2 Å². The molecule has 0 aromatic heterocycles. The number of benzene rings is 3. The molecule has 0 fully saturated rings. The zero-order valence-corrected chi connectivity index (χ0v) is 17.7. The van der Waals surface area contributed by atoms with Gasteiger partial charge in [-0.25, -0.2) is 4.90 Å². The molecule has 0 bridgehead atoms. The second-order valence-corrected chi connectivity index (χ2v) is 7.90. The van der Waals surface area contributed by atoms with Gasteiger partial charge in [0.05, 0.1) is 11.3 Å². The number of hydrogen-bond donors (Lipinski definition) is 1. The van der Waals surface area contributed by atoms with Gasteiger partial charge in [0.15, 0.2) is 0 Å². The Morgan fingerprint density at radius 1 is 0.800 bits per heavy atom. The summed E-state index contributed by atoms with van der Waals surface area (Å²) in [5.41, 5.74) is 5.39. The zero-order valence-electron chi connectivity index (χ0n) is 17.0. The zero-order chi connectivity index (χ0) is 21.4. The number of amides is 2. The number of carbonyl (C=O) groups is 2. The van der Waals surface area contributed by atoms with Crippen LogP contribution in [-0.2, 0) is 9.59 Å². The van der Waals surface area contributed by atoms with E-state index in [1.165, 1.54) is 4.90 Å². The van der Waals surface area contributed by atoms with Crippen LogP contribution in [0, 0.1) is 20.8 Å². The minimum absolute atomic E-state index is 0.241. The SMILES string of the molecule is Cc1cc(C)cc(N2C(=O)C(Nc3ccc(C)c(Cl)c3)=C(c3ccccc3)C2=O)c1. The molecular formula is C25H21ClN2O2. The number of hydrogen-bond acceptors (Lipinski definition) is 3. The maximum absolute atomic E-state index is 13.4. The van der Waals surface area contributed by atoms with Crippen molar-refractivity contribution < 1.29 is 9.59 Å². The van der Waals surface area contributed by atoms with E-state index in [0.717, 1.165) is 16.7 Å². The molecule has 150 valence electrons. The summed E-state index contributed by atoms with van der Waals surface area (Å²) < 4.78 is 0. The molecule has 0 unspecified atom stereocenters. The van der Waals surface area contributed by atoms with Crippen molar-refractivity contribution >= 4 is 40.4 Å². The lowest BCUT2D eigenvalue weighted by atomic mass is 10.0. The Labute approximate surface area is 180 Å². The fraction of sp³-hybridized carbons (Fsp3) is 0.120. The van der Waals surface area contributed by atoms with E-state index in [1.54, 1.807) is 6.07 Å². The van der Waals surface area contributed by atoms with E-state index in [2.05, 4.69) is 5.32 Å². The molecule has 0 saturated carbocycles. The van der Waals surface area contributed by atoms with Crippen LogP contribution in [0.1, 0.15) is 22.3 Å². The summed E-state index contributed by atoms with van der Waals surface area (Å²) in [4.78, 5) is 28.1. The first-order chi connectivity index (χ1) is 14.3. The maximum atomic E-state index is 13.4. The summed E-state index contributed by atoms with van der Waals surface area (Å²) in [6.07, 6.45) is 0. The van der Waals surface area contributed by atoms with Crippen molar-refractivity contribution in [3.63, 3.8) is 0 Å². The Kier molecular flexibility index (Phi) is 5.18. The molecule has 2 amide bonds. The van der Waals surface area contributed by atoms with E-state index < -0.39 is 0 Å². The van der Waals surface area contributed by atoms with Crippen LogP contribution >= 0.6 is 11.6 Å². The van der Waals surface area contributed by atoms with Gasteiger partial charge in [0.1, 0.15) is 5.70 Å². The van der Waals surface area contributed by atoms with Crippen molar-refractivity contribution in [1.29, 1.82) is 0 Å². The molecule has 0 aliphatic carbocycles. The van der Waals surface area contributed by atoms with Gasteiger partial charge in [0.25, 0.3) is 11.8 Å². The lowest BCUT2D eigenvalue weighted by molar-refractivity contribution is -0.120. The topological polar surface area (TPSA) is 49.4 Å². The molecular weight excluding hydrogens is 396 g/mol. The molecule has 3 aromatic carbocycles. The highest BCUT2D eigenvalue weighted by molar-refractivity contribution is 6.46. The summed E-state index contributed by atoms with van der Waals surface area (Å²) in [5.74, 6) is -0.738. The van der Waals surface area contributed by atoms with E-state index in [-0.39, 0.29) is 17.5 Å². The fourth-order valence-electron chi connectivity index (χ4n) is 3.65. The summed E-state index contributed by atoms with van der Waals surface area (Å²) in [6.45, 7) is 5.80. The van der Waals surface area contributed by atoms with Crippen LogP contribution in [0.15, 0.2) is 72.4 Å². The molecule has 1 heterocycles. The predicted octanol–water partition coefficient (Wildman–Crippen LogP) is 5.66. The molecule has 3 aromatic rings. The van der Waals surface area contributed by atoms with Gasteiger partial charge in [-0.15, -0.1) is 0 Å². The van der Waals surface area contributed by atoms with Gasteiger partial charge >= 0.3 is 0 Å². The lowest BCUT2D eigenvalue weighted by Crippen LogP contribution is -2.32. The Balaban J connectivity index is 1.83. The number of anilines is 2. The Morgan fingerprint density at radius 2 is 1.47 bits per heavy atom. The molecule has 0 saturated heterocycles. The molecule has 0 radical (unpaired) electrons. The summed E-state index contributed by atoms with van der Waals surface area (Å²) in [7, 11) is 0. The van der Waals surface area contributed by atoms with Gasteiger partial charge in [0, 0.05) is 10.7 Å². The summed E-state index contributed by atoms with van der Waals surface area (Å²) in [5, 5.41) is 3.74. The highest BCUT2D eigenvalue weighted by Crippen LogP contribution is 2.35. The molecule has 0 atom stereocenters. The van der Waals surface area contributed by atoms with Crippen LogP contribution in [0.5, 0.6) is 0 Å². The Morgan fingerprint density at radius 3 is 2.10 bits per heavy atom. The average Bonchev–Trinajstić information content (AvgIpc) is 2.94. The van der Waals surface area contributed by atoms with E-state index >= 15 is 0 Å². The smallest absolute Gasteiger partial charge is 0.282 e. The molecule has 4 rings (SSSR count). The molecule has 5 heteroatoms. The third-order valence-electron chi connectivity index (χ3n) is 5.05. The van der Waals surface area contributed by atoms with Crippen LogP contribution < -0.4 is 10.2 Å². The average molecular weight is 417 g/mol. The van der Waals surface area contributed by atoms with Crippen LogP contribution in [0.4, 0.5) is 11.4 Å². The van der Waals surface area contributed by atoms with Crippen molar-refractivity contribution in [2.24, 2.45) is 0 Å². The highest BCUT2D eigenvalue weighted by Gasteiger charge is 2.40. The first-order valence-corrected chi connectivity index (χ1v) is 10.0. The monoisotopic (exact) mass is 416 g/mol. The number of halogens is 1. The standard InChI is InChI=1S/C25H21ClN2O2/c1-15-11-16(2)13-20(12-15)28-24(29)22(18-7-5-4-6-8-18)23(25(28)30)27-19-10-9-17(3)21(26)14-19/h4-14,27H,1-3H3. The second kappa shape index (κ2) is 7.81. The Bertz CT molecular complexity index is 1180. The van der Waals surface area contributed by atoms with Gasteiger partial charge in [-0.05, 0) is 67.3 Å². The fourth-order valence-corrected chi connectivity index (χ4v) is 3.83. The first kappa shape index (κ1) is 19.9. The highest BCUT2D eigenvalue weighted by atomic mass is 35.5. The van der Waals surface area contributed by atoms with Crippen molar-refractivity contribution in [1.82, 2.24) is 0 Å². The number of aryl methyl sites for hydroxylation is 3. The number of imide groups is 1. The minimum atomic E-state index is -0.388. The second-order valence-electron chi connectivity index (χ2n) is 7.50. The van der Waals surface area contributed by atoms with Gasteiger partial charge in [-0.1, -0.05) is 54.1 Å². The maximum Gasteiger partial charge on any atom is 0.282 e. The lowest BCUT2D eigenvalue weighted by Gasteiger charge is -2.17. The van der Waals surface area contributed by atoms with E-state index in [0.29, 0.717) is 27.5 Å². The predicted molar refractivity (Wildman–Crippen MR) is 122 cm³/mol. The van der Waals surface area contributed by atoms with E-state index in [9.17, 15) is 9.59 Å². The number of nitrogens with zero attached hydrogens (tertiary/aromatic N) is 1. The molecule has 1 N–H and O–H groups in total. The third kappa shape index (κ3) is 3.62. The van der Waals surface area contributed by atoms with E-state index in [4.69, 9.17) is 11.6 Å². The molecule has 30 heavy (non-hydrogen) atoms. The quantitative estimate of drug-likeness (QED) is 0.558. The number of nitrogens with one attached hydrogen (secondary N) is 1. The van der Waals surface area contributed by atoms with Crippen LogP contribution in [0.25, 0.3) is 5.57 Å². The van der Waals surface area contributed by atoms with Crippen molar-refractivity contribution in [3.8, 4) is 0 Å². The summed E-state index contributed by atoms with van der Waals surface area (Å²) in [6, 6.07) is 20.4.